The molecule has 6 heteroatoms. The van der Waals surface area contributed by atoms with Crippen molar-refractivity contribution in [2.75, 3.05) is 5.75 Å². The molecule has 4 N–H and O–H groups in total. The fourth-order valence-electron chi connectivity index (χ4n) is 3.38. The predicted molar refractivity (Wildman–Crippen MR) is 86.3 cm³/mol. The highest BCUT2D eigenvalue weighted by atomic mass is 32.2. The van der Waals surface area contributed by atoms with E-state index in [-0.39, 0.29) is 17.3 Å². The zero-order valence-electron chi connectivity index (χ0n) is 12.7. The number of hydrogen-bond donors (Lipinski definition) is 3. The first-order valence-corrected chi connectivity index (χ1v) is 9.59. The first-order chi connectivity index (χ1) is 10.3. The Kier molecular flexibility index (Phi) is 5.69. The quantitative estimate of drug-likeness (QED) is 0.699. The molecule has 0 unspecified atom stereocenters. The van der Waals surface area contributed by atoms with Gasteiger partial charge in [0.1, 0.15) is 11.5 Å². The number of sulfonamides is 1. The van der Waals surface area contributed by atoms with Crippen LogP contribution in [-0.2, 0) is 10.0 Å². The first kappa shape index (κ1) is 17.1. The van der Waals surface area contributed by atoms with Crippen LogP contribution in [0.2, 0.25) is 0 Å². The molecule has 124 valence electrons. The molecule has 0 bridgehead atoms. The van der Waals surface area contributed by atoms with E-state index in [4.69, 9.17) is 5.14 Å². The van der Waals surface area contributed by atoms with Crippen molar-refractivity contribution < 1.29 is 18.6 Å². The van der Waals surface area contributed by atoms with E-state index in [0.29, 0.717) is 18.3 Å². The van der Waals surface area contributed by atoms with Gasteiger partial charge in [-0.1, -0.05) is 18.9 Å². The van der Waals surface area contributed by atoms with Crippen molar-refractivity contribution in [2.24, 2.45) is 11.1 Å². The van der Waals surface area contributed by atoms with Gasteiger partial charge in [0.25, 0.3) is 0 Å². The topological polar surface area (TPSA) is 101 Å². The van der Waals surface area contributed by atoms with Crippen LogP contribution in [0.15, 0.2) is 18.2 Å². The Balaban J connectivity index is 1.76. The molecule has 0 heterocycles. The maximum atomic E-state index is 10.9. The van der Waals surface area contributed by atoms with Gasteiger partial charge in [0.05, 0.1) is 5.75 Å². The maximum Gasteiger partial charge on any atom is 0.209 e. The van der Waals surface area contributed by atoms with Crippen LogP contribution < -0.4 is 5.14 Å². The molecule has 0 atom stereocenters. The molecule has 0 aliphatic heterocycles. The van der Waals surface area contributed by atoms with Gasteiger partial charge in [0.2, 0.25) is 10.0 Å². The summed E-state index contributed by atoms with van der Waals surface area (Å²) < 4.78 is 21.7. The number of unbranched alkanes of at least 4 members (excludes halogenated alkanes) is 1. The van der Waals surface area contributed by atoms with Crippen molar-refractivity contribution in [3.8, 4) is 11.5 Å². The summed E-state index contributed by atoms with van der Waals surface area (Å²) in [4.78, 5) is 0. The van der Waals surface area contributed by atoms with Gasteiger partial charge in [-0.25, -0.2) is 13.6 Å². The molecule has 0 aromatic heterocycles. The number of phenols is 2. The van der Waals surface area contributed by atoms with E-state index < -0.39 is 10.0 Å². The summed E-state index contributed by atoms with van der Waals surface area (Å²) in [5, 5.41) is 24.3. The molecule has 1 fully saturated rings. The molecule has 1 aromatic carbocycles. The average Bonchev–Trinajstić information content (AvgIpc) is 2.44. The highest BCUT2D eigenvalue weighted by Gasteiger charge is 2.24. The van der Waals surface area contributed by atoms with Crippen molar-refractivity contribution in [2.45, 2.75) is 50.9 Å². The highest BCUT2D eigenvalue weighted by Crippen LogP contribution is 2.41. The minimum absolute atomic E-state index is 0.0731. The molecule has 5 nitrogen and oxygen atoms in total. The number of phenolic OH excluding ortho intramolecular Hbond substituents is 2. The molecule has 1 aromatic rings. The monoisotopic (exact) mass is 327 g/mol. The van der Waals surface area contributed by atoms with E-state index in [9.17, 15) is 18.6 Å². The van der Waals surface area contributed by atoms with E-state index in [1.807, 2.05) is 6.07 Å². The zero-order valence-corrected chi connectivity index (χ0v) is 13.6. The van der Waals surface area contributed by atoms with Crippen molar-refractivity contribution in [3.63, 3.8) is 0 Å². The largest absolute Gasteiger partial charge is 0.508 e. The van der Waals surface area contributed by atoms with Gasteiger partial charge in [0, 0.05) is 6.07 Å². The summed E-state index contributed by atoms with van der Waals surface area (Å²) in [6.45, 7) is 0. The van der Waals surface area contributed by atoms with E-state index in [2.05, 4.69) is 0 Å². The van der Waals surface area contributed by atoms with Gasteiger partial charge in [-0.3, -0.25) is 0 Å². The lowest BCUT2D eigenvalue weighted by atomic mass is 9.77. The third kappa shape index (κ3) is 5.18. The highest BCUT2D eigenvalue weighted by molar-refractivity contribution is 7.89. The summed E-state index contributed by atoms with van der Waals surface area (Å²) in [5.41, 5.74) is 0.922. The van der Waals surface area contributed by atoms with E-state index >= 15 is 0 Å². The number of primary sulfonamides is 1. The standard InChI is InChI=1S/C16H25NO4S/c17-22(20,21)10-2-1-3-12-4-6-13(7-5-12)15-9-8-14(18)11-16(15)19/h8-9,11-13,18-19H,1-7,10H2,(H2,17,20,21). The lowest BCUT2D eigenvalue weighted by molar-refractivity contribution is 0.300. The van der Waals surface area contributed by atoms with Gasteiger partial charge < -0.3 is 10.2 Å². The maximum absolute atomic E-state index is 10.9. The normalized spacial score (nSPS) is 22.6. The van der Waals surface area contributed by atoms with E-state index in [0.717, 1.165) is 44.1 Å². The third-order valence-corrected chi connectivity index (χ3v) is 5.45. The SMILES string of the molecule is NS(=O)(=O)CCCCC1CCC(c2ccc(O)cc2O)CC1. The molecule has 1 saturated carbocycles. The molecule has 1 aliphatic rings. The minimum Gasteiger partial charge on any atom is -0.508 e. The lowest BCUT2D eigenvalue weighted by Gasteiger charge is -2.29. The van der Waals surface area contributed by atoms with Crippen molar-refractivity contribution in [3.05, 3.63) is 23.8 Å². The second kappa shape index (κ2) is 7.33. The van der Waals surface area contributed by atoms with Crippen LogP contribution in [-0.4, -0.2) is 24.4 Å². The van der Waals surface area contributed by atoms with Crippen LogP contribution in [0.3, 0.4) is 0 Å². The van der Waals surface area contributed by atoms with Crippen molar-refractivity contribution in [1.82, 2.24) is 0 Å². The first-order valence-electron chi connectivity index (χ1n) is 7.87. The fraction of sp³-hybridized carbons (Fsp3) is 0.625. The van der Waals surface area contributed by atoms with E-state index in [1.54, 1.807) is 6.07 Å². The molecule has 0 amide bonds. The van der Waals surface area contributed by atoms with Crippen molar-refractivity contribution >= 4 is 10.0 Å². The second-order valence-corrected chi connectivity index (χ2v) is 8.06. The van der Waals surface area contributed by atoms with Crippen LogP contribution in [0.1, 0.15) is 56.4 Å². The predicted octanol–water partition coefficient (Wildman–Crippen LogP) is 2.83. The number of rotatable bonds is 6. The third-order valence-electron chi connectivity index (χ3n) is 4.59. The fourth-order valence-corrected chi connectivity index (χ4v) is 3.98. The van der Waals surface area contributed by atoms with Crippen LogP contribution in [0, 0.1) is 5.92 Å². The number of aromatic hydroxyl groups is 2. The Morgan fingerprint density at radius 2 is 1.77 bits per heavy atom. The van der Waals surface area contributed by atoms with Crippen LogP contribution in [0.5, 0.6) is 11.5 Å². The Morgan fingerprint density at radius 1 is 1.09 bits per heavy atom. The smallest absolute Gasteiger partial charge is 0.209 e. The van der Waals surface area contributed by atoms with Crippen LogP contribution >= 0.6 is 0 Å². The zero-order chi connectivity index (χ0) is 16.2. The minimum atomic E-state index is -3.33. The summed E-state index contributed by atoms with van der Waals surface area (Å²) >= 11 is 0. The second-order valence-electron chi connectivity index (χ2n) is 6.32. The molecule has 1 aliphatic carbocycles. The number of hydrogen-bond acceptors (Lipinski definition) is 4. The summed E-state index contributed by atoms with van der Waals surface area (Å²) in [6, 6.07) is 4.82. The van der Waals surface area contributed by atoms with Gasteiger partial charge in [0.15, 0.2) is 0 Å². The van der Waals surface area contributed by atoms with Gasteiger partial charge in [-0.15, -0.1) is 0 Å². The Bertz CT molecular complexity index is 592. The van der Waals surface area contributed by atoms with Gasteiger partial charge >= 0.3 is 0 Å². The van der Waals surface area contributed by atoms with Crippen LogP contribution in [0.25, 0.3) is 0 Å². The Morgan fingerprint density at radius 3 is 2.36 bits per heavy atom. The molecular weight excluding hydrogens is 302 g/mol. The molecule has 22 heavy (non-hydrogen) atoms. The van der Waals surface area contributed by atoms with Gasteiger partial charge in [-0.05, 0) is 55.6 Å². The average molecular weight is 327 g/mol. The Hall–Kier alpha value is -1.27. The molecule has 2 rings (SSSR count). The summed E-state index contributed by atoms with van der Waals surface area (Å²) in [5.74, 6) is 1.32. The molecule has 0 radical (unpaired) electrons. The molecule has 0 saturated heterocycles. The lowest BCUT2D eigenvalue weighted by Crippen LogP contribution is -2.17. The van der Waals surface area contributed by atoms with Gasteiger partial charge in [-0.2, -0.15) is 0 Å². The molecular formula is C16H25NO4S. The Labute approximate surface area is 132 Å². The van der Waals surface area contributed by atoms with Crippen LogP contribution in [0.4, 0.5) is 0 Å². The van der Waals surface area contributed by atoms with Crippen molar-refractivity contribution in [1.29, 1.82) is 0 Å². The van der Waals surface area contributed by atoms with E-state index in [1.165, 1.54) is 6.07 Å². The summed E-state index contributed by atoms with van der Waals surface area (Å²) in [7, 11) is -3.33. The number of nitrogens with two attached hydrogens (primary N) is 1. The molecule has 0 spiro atoms. The summed E-state index contributed by atoms with van der Waals surface area (Å²) in [6.07, 6.45) is 6.83. The number of benzene rings is 1.